The molecule has 2 heterocycles. The minimum atomic E-state index is -0.0969. The zero-order chi connectivity index (χ0) is 20.7. The number of carbonyl (C=O) groups is 1. The highest BCUT2D eigenvalue weighted by molar-refractivity contribution is 7.19. The van der Waals surface area contributed by atoms with Gasteiger partial charge in [-0.25, -0.2) is 4.98 Å². The zero-order valence-corrected chi connectivity index (χ0v) is 19.3. The number of carbonyl (C=O) groups excluding carboxylic acids is 1. The Morgan fingerprint density at radius 1 is 1.00 bits per heavy atom. The van der Waals surface area contributed by atoms with Crippen LogP contribution in [0.5, 0.6) is 0 Å². The highest BCUT2D eigenvalue weighted by Crippen LogP contribution is 2.43. The van der Waals surface area contributed by atoms with Gasteiger partial charge in [-0.3, -0.25) is 4.79 Å². The monoisotopic (exact) mass is 448 g/mol. The molecule has 1 N–H and O–H groups in total. The van der Waals surface area contributed by atoms with Gasteiger partial charge in [-0.2, -0.15) is 0 Å². The average molecular weight is 449 g/mol. The van der Waals surface area contributed by atoms with E-state index in [0.717, 1.165) is 40.2 Å². The number of halogens is 1. The number of pyridine rings is 1. The summed E-state index contributed by atoms with van der Waals surface area (Å²) in [7, 11) is 0. The van der Waals surface area contributed by atoms with Crippen LogP contribution in [-0.4, -0.2) is 10.9 Å². The van der Waals surface area contributed by atoms with Crippen molar-refractivity contribution in [3.8, 4) is 11.1 Å². The van der Waals surface area contributed by atoms with Gasteiger partial charge >= 0.3 is 0 Å². The van der Waals surface area contributed by atoms with Crippen molar-refractivity contribution in [2.45, 2.75) is 39.5 Å². The van der Waals surface area contributed by atoms with Crippen LogP contribution in [0.2, 0.25) is 0 Å². The first-order chi connectivity index (χ1) is 14.6. The number of benzene rings is 2. The molecular formula is C26H25ClN2OS. The topological polar surface area (TPSA) is 42.0 Å². The summed E-state index contributed by atoms with van der Waals surface area (Å²) in [5.74, 6) is -0.0969. The van der Waals surface area contributed by atoms with Gasteiger partial charge in [0.15, 0.2) is 0 Å². The summed E-state index contributed by atoms with van der Waals surface area (Å²) < 4.78 is 0. The molecule has 3 nitrogen and oxygen atoms in total. The minimum Gasteiger partial charge on any atom is -0.322 e. The van der Waals surface area contributed by atoms with Gasteiger partial charge in [0.05, 0.1) is 11.3 Å². The number of rotatable bonds is 3. The van der Waals surface area contributed by atoms with Crippen molar-refractivity contribution < 1.29 is 4.79 Å². The second-order valence-electron chi connectivity index (χ2n) is 8.03. The van der Waals surface area contributed by atoms with E-state index in [9.17, 15) is 4.79 Å². The number of nitrogens with zero attached hydrogens (tertiary/aromatic N) is 1. The van der Waals surface area contributed by atoms with E-state index in [1.807, 2.05) is 48.6 Å². The predicted octanol–water partition coefficient (Wildman–Crippen LogP) is 7.13. The molecule has 1 aliphatic carbocycles. The number of thiophene rings is 1. The van der Waals surface area contributed by atoms with Crippen LogP contribution < -0.4 is 5.32 Å². The quantitative estimate of drug-likeness (QED) is 0.362. The number of hydrogen-bond acceptors (Lipinski definition) is 3. The van der Waals surface area contributed by atoms with Crippen LogP contribution >= 0.6 is 23.7 Å². The molecule has 31 heavy (non-hydrogen) atoms. The van der Waals surface area contributed by atoms with Gasteiger partial charge in [-0.15, -0.1) is 23.7 Å². The molecule has 1 aliphatic rings. The van der Waals surface area contributed by atoms with Crippen molar-refractivity contribution in [1.82, 2.24) is 4.98 Å². The number of aryl methyl sites for hydroxylation is 4. The minimum absolute atomic E-state index is 0. The highest BCUT2D eigenvalue weighted by atomic mass is 35.5. The number of amides is 1. The number of aromatic nitrogens is 1. The van der Waals surface area contributed by atoms with E-state index >= 15 is 0 Å². The molecule has 0 radical (unpaired) electrons. The molecule has 2 aromatic heterocycles. The van der Waals surface area contributed by atoms with E-state index in [2.05, 4.69) is 36.5 Å². The van der Waals surface area contributed by atoms with Gasteiger partial charge in [0.2, 0.25) is 0 Å². The Morgan fingerprint density at radius 3 is 2.55 bits per heavy atom. The lowest BCUT2D eigenvalue weighted by Gasteiger charge is -2.17. The molecule has 0 aliphatic heterocycles. The van der Waals surface area contributed by atoms with Crippen molar-refractivity contribution in [2.75, 3.05) is 5.32 Å². The standard InChI is InChI=1S/C26H24N2OS.ClH/c1-16-9-8-10-18(15-16)23-22(25(29)28-19-11-4-3-5-12-19)17(2)27-26-24(23)20-13-6-7-14-21(20)30-26;/h3-5,8-12,15H,6-7,13-14H2,1-2H3,(H,28,29);1H. The van der Waals surface area contributed by atoms with Crippen molar-refractivity contribution in [3.05, 3.63) is 81.9 Å². The van der Waals surface area contributed by atoms with Crippen molar-refractivity contribution >= 4 is 45.6 Å². The molecule has 0 fully saturated rings. The molecule has 2 aromatic carbocycles. The van der Waals surface area contributed by atoms with E-state index < -0.39 is 0 Å². The molecule has 1 amide bonds. The largest absolute Gasteiger partial charge is 0.322 e. The maximum absolute atomic E-state index is 13.5. The summed E-state index contributed by atoms with van der Waals surface area (Å²) in [5.41, 5.74) is 6.98. The number of fused-ring (bicyclic) bond motifs is 3. The maximum atomic E-state index is 13.5. The first-order valence-electron chi connectivity index (χ1n) is 10.5. The molecule has 0 bridgehead atoms. The molecule has 4 aromatic rings. The predicted molar refractivity (Wildman–Crippen MR) is 133 cm³/mol. The fourth-order valence-corrected chi connectivity index (χ4v) is 5.80. The third-order valence-corrected chi connectivity index (χ3v) is 7.03. The first kappa shape index (κ1) is 21.5. The van der Waals surface area contributed by atoms with Gasteiger partial charge in [0.1, 0.15) is 4.83 Å². The van der Waals surface area contributed by atoms with E-state index in [0.29, 0.717) is 5.56 Å². The molecule has 0 unspecified atom stereocenters. The van der Waals surface area contributed by atoms with Gasteiger partial charge in [-0.05, 0) is 62.8 Å². The van der Waals surface area contributed by atoms with Crippen LogP contribution in [0.15, 0.2) is 54.6 Å². The van der Waals surface area contributed by atoms with Crippen molar-refractivity contribution in [1.29, 1.82) is 0 Å². The lowest BCUT2D eigenvalue weighted by Crippen LogP contribution is -2.16. The second-order valence-corrected chi connectivity index (χ2v) is 9.11. The number of anilines is 1. The average Bonchev–Trinajstić information content (AvgIpc) is 3.11. The van der Waals surface area contributed by atoms with Crippen LogP contribution in [0.1, 0.15) is 44.9 Å². The van der Waals surface area contributed by atoms with Crippen LogP contribution in [0.4, 0.5) is 5.69 Å². The number of hydrogen-bond donors (Lipinski definition) is 1. The lowest BCUT2D eigenvalue weighted by molar-refractivity contribution is 0.102. The molecule has 0 spiro atoms. The lowest BCUT2D eigenvalue weighted by atomic mass is 9.89. The van der Waals surface area contributed by atoms with Gasteiger partial charge in [0.25, 0.3) is 5.91 Å². The molecule has 5 heteroatoms. The Balaban J connectivity index is 0.00000231. The van der Waals surface area contributed by atoms with E-state index in [1.165, 1.54) is 34.2 Å². The van der Waals surface area contributed by atoms with Crippen LogP contribution in [0.3, 0.4) is 0 Å². The fraction of sp³-hybridized carbons (Fsp3) is 0.231. The first-order valence-corrected chi connectivity index (χ1v) is 11.3. The summed E-state index contributed by atoms with van der Waals surface area (Å²) in [6.07, 6.45) is 4.62. The smallest absolute Gasteiger partial charge is 0.258 e. The summed E-state index contributed by atoms with van der Waals surface area (Å²) in [5, 5.41) is 4.27. The summed E-state index contributed by atoms with van der Waals surface area (Å²) in [4.78, 5) is 20.9. The van der Waals surface area contributed by atoms with Crippen molar-refractivity contribution in [2.24, 2.45) is 0 Å². The normalized spacial score (nSPS) is 12.8. The maximum Gasteiger partial charge on any atom is 0.258 e. The Morgan fingerprint density at radius 2 is 1.77 bits per heavy atom. The zero-order valence-electron chi connectivity index (χ0n) is 17.7. The second kappa shape index (κ2) is 8.81. The van der Waals surface area contributed by atoms with E-state index in [4.69, 9.17) is 4.98 Å². The van der Waals surface area contributed by atoms with Gasteiger partial charge < -0.3 is 5.32 Å². The third-order valence-electron chi connectivity index (χ3n) is 5.85. The van der Waals surface area contributed by atoms with Gasteiger partial charge in [-0.1, -0.05) is 48.0 Å². The van der Waals surface area contributed by atoms with Crippen LogP contribution in [-0.2, 0) is 12.8 Å². The van der Waals surface area contributed by atoms with Crippen molar-refractivity contribution in [3.63, 3.8) is 0 Å². The summed E-state index contributed by atoms with van der Waals surface area (Å²) >= 11 is 1.81. The molecule has 0 saturated heterocycles. The van der Waals surface area contributed by atoms with E-state index in [-0.39, 0.29) is 18.3 Å². The molecule has 5 rings (SSSR count). The molecular weight excluding hydrogens is 424 g/mol. The van der Waals surface area contributed by atoms with Gasteiger partial charge in [0, 0.05) is 21.5 Å². The number of nitrogens with one attached hydrogen (secondary N) is 1. The van der Waals surface area contributed by atoms with E-state index in [1.54, 1.807) is 0 Å². The summed E-state index contributed by atoms with van der Waals surface area (Å²) in [6, 6.07) is 18.1. The molecule has 0 saturated carbocycles. The fourth-order valence-electron chi connectivity index (χ4n) is 4.48. The Bertz CT molecular complexity index is 1260. The SMILES string of the molecule is Cc1cccc(-c2c(C(=O)Nc3ccccc3)c(C)nc3sc4c(c23)CCCC4)c1.Cl. The van der Waals surface area contributed by atoms with Crippen LogP contribution in [0.25, 0.3) is 21.3 Å². The highest BCUT2D eigenvalue weighted by Gasteiger charge is 2.26. The number of para-hydroxylation sites is 1. The Hall–Kier alpha value is -2.69. The molecule has 158 valence electrons. The third kappa shape index (κ3) is 3.98. The molecule has 0 atom stereocenters. The Kier molecular flexibility index (Phi) is 6.12. The Labute approximate surface area is 193 Å². The van der Waals surface area contributed by atoms with Crippen LogP contribution in [0, 0.1) is 13.8 Å². The summed E-state index contributed by atoms with van der Waals surface area (Å²) in [6.45, 7) is 4.05.